The van der Waals surface area contributed by atoms with Crippen LogP contribution in [0.5, 0.6) is 11.5 Å². The number of rotatable bonds is 6. The van der Waals surface area contributed by atoms with E-state index in [-0.39, 0.29) is 25.2 Å². The molecule has 1 saturated heterocycles. The summed E-state index contributed by atoms with van der Waals surface area (Å²) in [7, 11) is 0. The van der Waals surface area contributed by atoms with Crippen LogP contribution in [0.2, 0.25) is 0 Å². The van der Waals surface area contributed by atoms with Gasteiger partial charge in [0.15, 0.2) is 11.5 Å². The minimum atomic E-state index is -0.488. The maximum Gasteiger partial charge on any atom is 0.231 e. The summed E-state index contributed by atoms with van der Waals surface area (Å²) in [6, 6.07) is 7.33. The third-order valence-electron chi connectivity index (χ3n) is 6.57. The van der Waals surface area contributed by atoms with Crippen LogP contribution in [0, 0.1) is 11.8 Å². The molecule has 8 nitrogen and oxygen atoms in total. The van der Waals surface area contributed by atoms with E-state index in [0.717, 1.165) is 44.6 Å². The molecule has 2 fully saturated rings. The third kappa shape index (κ3) is 4.15. The van der Waals surface area contributed by atoms with Crippen molar-refractivity contribution in [3.63, 3.8) is 0 Å². The van der Waals surface area contributed by atoms with E-state index < -0.39 is 6.10 Å². The van der Waals surface area contributed by atoms with Crippen LogP contribution in [-0.2, 0) is 17.8 Å². The summed E-state index contributed by atoms with van der Waals surface area (Å²) in [5.41, 5.74) is 0.880. The summed E-state index contributed by atoms with van der Waals surface area (Å²) < 4.78 is 12.7. The molecule has 3 aliphatic rings. The van der Waals surface area contributed by atoms with Crippen molar-refractivity contribution >= 4 is 5.91 Å². The van der Waals surface area contributed by atoms with Crippen molar-refractivity contribution in [3.8, 4) is 11.5 Å². The predicted octanol–water partition coefficient (Wildman–Crippen LogP) is 1.04. The topological polar surface area (TPSA) is 88.9 Å². The van der Waals surface area contributed by atoms with Gasteiger partial charge in [0.25, 0.3) is 0 Å². The van der Waals surface area contributed by atoms with Crippen LogP contribution in [0.25, 0.3) is 0 Å². The van der Waals surface area contributed by atoms with Gasteiger partial charge in [0.2, 0.25) is 12.7 Å². The molecule has 0 radical (unpaired) electrons. The number of fused-ring (bicyclic) bond motifs is 2. The van der Waals surface area contributed by atoms with E-state index in [4.69, 9.17) is 9.47 Å². The van der Waals surface area contributed by atoms with Crippen molar-refractivity contribution < 1.29 is 19.4 Å². The summed E-state index contributed by atoms with van der Waals surface area (Å²) >= 11 is 0. The van der Waals surface area contributed by atoms with Crippen LogP contribution < -0.4 is 14.8 Å². The molecule has 30 heavy (non-hydrogen) atoms. The molecule has 8 heteroatoms. The number of carbonyl (C=O) groups is 1. The molecule has 1 saturated carbocycles. The van der Waals surface area contributed by atoms with Gasteiger partial charge in [-0.3, -0.25) is 9.48 Å². The molecule has 2 aliphatic heterocycles. The second kappa shape index (κ2) is 8.28. The number of hydrogen-bond acceptors (Lipinski definition) is 6. The highest BCUT2D eigenvalue weighted by molar-refractivity contribution is 5.79. The molecule has 4 atom stereocenters. The van der Waals surface area contributed by atoms with Gasteiger partial charge < -0.3 is 24.8 Å². The van der Waals surface area contributed by atoms with Crippen molar-refractivity contribution in [2.24, 2.45) is 11.8 Å². The number of nitrogens with zero attached hydrogens (tertiary/aromatic N) is 3. The van der Waals surface area contributed by atoms with Crippen molar-refractivity contribution in [1.82, 2.24) is 20.0 Å². The predicted molar refractivity (Wildman–Crippen MR) is 109 cm³/mol. The molecule has 1 aliphatic carbocycles. The number of ether oxygens (including phenoxy) is 2. The summed E-state index contributed by atoms with van der Waals surface area (Å²) in [4.78, 5) is 15.1. The number of nitrogens with one attached hydrogen (secondary N) is 1. The van der Waals surface area contributed by atoms with Gasteiger partial charge in [-0.25, -0.2) is 0 Å². The first-order valence-corrected chi connectivity index (χ1v) is 10.7. The number of aliphatic hydroxyl groups excluding tert-OH is 1. The summed E-state index contributed by atoms with van der Waals surface area (Å²) in [6.45, 7) is 4.10. The molecule has 1 amide bonds. The van der Waals surface area contributed by atoms with E-state index in [2.05, 4.69) is 15.3 Å². The van der Waals surface area contributed by atoms with Crippen LogP contribution in [0.1, 0.15) is 18.4 Å². The SMILES string of the molecule is O=C(Cc1ccc2c(c1)OCO2)N[C@H]1C[C@H]2CN(CCn3cccn3)C[C@H]2C[C@@H]1O. The van der Waals surface area contributed by atoms with Crippen molar-refractivity contribution in [3.05, 3.63) is 42.2 Å². The van der Waals surface area contributed by atoms with Crippen LogP contribution in [-0.4, -0.2) is 64.3 Å². The molecule has 0 unspecified atom stereocenters. The summed E-state index contributed by atoms with van der Waals surface area (Å²) in [6.07, 6.45) is 5.15. The van der Waals surface area contributed by atoms with E-state index in [9.17, 15) is 9.90 Å². The lowest BCUT2D eigenvalue weighted by molar-refractivity contribution is -0.122. The molecule has 0 spiro atoms. The van der Waals surface area contributed by atoms with Crippen molar-refractivity contribution in [2.75, 3.05) is 26.4 Å². The highest BCUT2D eigenvalue weighted by Gasteiger charge is 2.41. The fourth-order valence-electron chi connectivity index (χ4n) is 5.04. The van der Waals surface area contributed by atoms with Gasteiger partial charge in [0.1, 0.15) is 0 Å². The Hall–Kier alpha value is -2.58. The number of hydrogen-bond donors (Lipinski definition) is 2. The number of benzene rings is 1. The lowest BCUT2D eigenvalue weighted by Gasteiger charge is -2.35. The van der Waals surface area contributed by atoms with Gasteiger partial charge >= 0.3 is 0 Å². The lowest BCUT2D eigenvalue weighted by atomic mass is 9.77. The Labute approximate surface area is 175 Å². The normalized spacial score (nSPS) is 27.8. The average molecular weight is 412 g/mol. The number of aromatic nitrogens is 2. The molecule has 160 valence electrons. The third-order valence-corrected chi connectivity index (χ3v) is 6.57. The number of amides is 1. The molecular formula is C22H28N4O4. The fourth-order valence-corrected chi connectivity index (χ4v) is 5.04. The van der Waals surface area contributed by atoms with E-state index in [1.807, 2.05) is 35.1 Å². The number of aliphatic hydroxyl groups is 1. The zero-order valence-electron chi connectivity index (χ0n) is 16.9. The monoisotopic (exact) mass is 412 g/mol. The Morgan fingerprint density at radius 1 is 1.17 bits per heavy atom. The maximum atomic E-state index is 12.6. The second-order valence-corrected chi connectivity index (χ2v) is 8.63. The molecule has 1 aromatic carbocycles. The zero-order valence-corrected chi connectivity index (χ0v) is 16.9. The zero-order chi connectivity index (χ0) is 20.5. The largest absolute Gasteiger partial charge is 0.454 e. The van der Waals surface area contributed by atoms with Gasteiger partial charge in [-0.2, -0.15) is 5.10 Å². The fraction of sp³-hybridized carbons (Fsp3) is 0.545. The summed E-state index contributed by atoms with van der Waals surface area (Å²) in [5, 5.41) is 18.0. The minimum absolute atomic E-state index is 0.0649. The number of carbonyl (C=O) groups excluding carboxylic acids is 1. The standard InChI is InChI=1S/C22H28N4O4/c27-19-11-17-13-25(6-7-26-5-1-4-23-26)12-16(17)10-18(19)24-22(28)9-15-2-3-20-21(8-15)30-14-29-20/h1-5,8,16-19,27H,6-7,9-14H2,(H,24,28)/t16-,17+,18-,19-/m0/s1. The van der Waals surface area contributed by atoms with Crippen molar-refractivity contribution in [2.45, 2.75) is 38.0 Å². The lowest BCUT2D eigenvalue weighted by Crippen LogP contribution is -2.49. The molecule has 3 heterocycles. The van der Waals surface area contributed by atoms with Crippen molar-refractivity contribution in [1.29, 1.82) is 0 Å². The van der Waals surface area contributed by atoms with Crippen LogP contribution >= 0.6 is 0 Å². The van der Waals surface area contributed by atoms with Gasteiger partial charge in [-0.05, 0) is 48.4 Å². The summed E-state index contributed by atoms with van der Waals surface area (Å²) in [5.74, 6) is 2.35. The second-order valence-electron chi connectivity index (χ2n) is 8.63. The first-order chi connectivity index (χ1) is 14.6. The highest BCUT2D eigenvalue weighted by atomic mass is 16.7. The van der Waals surface area contributed by atoms with Crippen LogP contribution in [0.3, 0.4) is 0 Å². The first kappa shape index (κ1) is 19.4. The van der Waals surface area contributed by atoms with E-state index in [1.54, 1.807) is 6.20 Å². The Morgan fingerprint density at radius 3 is 2.83 bits per heavy atom. The average Bonchev–Trinajstić information content (AvgIpc) is 3.47. The molecule has 0 bridgehead atoms. The molecule has 2 aromatic rings. The Morgan fingerprint density at radius 2 is 2.00 bits per heavy atom. The van der Waals surface area contributed by atoms with E-state index in [1.165, 1.54) is 0 Å². The highest BCUT2D eigenvalue weighted by Crippen LogP contribution is 2.37. The van der Waals surface area contributed by atoms with Gasteiger partial charge in [0, 0.05) is 32.0 Å². The Kier molecular flexibility index (Phi) is 5.35. The Bertz CT molecular complexity index is 887. The quantitative estimate of drug-likeness (QED) is 0.737. The van der Waals surface area contributed by atoms with Crippen LogP contribution in [0.4, 0.5) is 0 Å². The Balaban J connectivity index is 1.13. The van der Waals surface area contributed by atoms with Gasteiger partial charge in [0.05, 0.1) is 25.1 Å². The van der Waals surface area contributed by atoms with Gasteiger partial charge in [-0.15, -0.1) is 0 Å². The number of likely N-dealkylation sites (tertiary alicyclic amines) is 1. The van der Waals surface area contributed by atoms with E-state index >= 15 is 0 Å². The molecule has 5 rings (SSSR count). The molecule has 2 N–H and O–H groups in total. The smallest absolute Gasteiger partial charge is 0.231 e. The van der Waals surface area contributed by atoms with Crippen LogP contribution in [0.15, 0.2) is 36.7 Å². The minimum Gasteiger partial charge on any atom is -0.454 e. The van der Waals surface area contributed by atoms with Gasteiger partial charge in [-0.1, -0.05) is 6.07 Å². The maximum absolute atomic E-state index is 12.6. The molecule has 1 aromatic heterocycles. The van der Waals surface area contributed by atoms with E-state index in [0.29, 0.717) is 23.3 Å². The first-order valence-electron chi connectivity index (χ1n) is 10.7. The molecular weight excluding hydrogens is 384 g/mol.